The highest BCUT2D eigenvalue weighted by Gasteiger charge is 2.11. The molecule has 5 N–H and O–H groups in total. The SMILES string of the molecule is CCCCCCNCc1nc(N)nc(Nc2cccc(S(=O)(=O)O)c2)n1. The Morgan fingerprint density at radius 2 is 1.96 bits per heavy atom. The first-order chi connectivity index (χ1) is 12.4. The van der Waals surface area contributed by atoms with E-state index in [0.717, 1.165) is 13.0 Å². The van der Waals surface area contributed by atoms with Crippen molar-refractivity contribution in [1.29, 1.82) is 0 Å². The molecule has 0 saturated heterocycles. The van der Waals surface area contributed by atoms with Crippen LogP contribution in [0, 0.1) is 0 Å². The van der Waals surface area contributed by atoms with Crippen LogP contribution < -0.4 is 16.4 Å². The summed E-state index contributed by atoms with van der Waals surface area (Å²) in [6.07, 6.45) is 4.68. The molecule has 2 rings (SSSR count). The van der Waals surface area contributed by atoms with E-state index in [9.17, 15) is 8.42 Å². The lowest BCUT2D eigenvalue weighted by molar-refractivity contribution is 0.483. The summed E-state index contributed by atoms with van der Waals surface area (Å²) in [4.78, 5) is 12.1. The molecule has 1 aromatic carbocycles. The molecule has 142 valence electrons. The Morgan fingerprint density at radius 3 is 2.69 bits per heavy atom. The quantitative estimate of drug-likeness (QED) is 0.360. The summed E-state index contributed by atoms with van der Waals surface area (Å²) in [5.74, 6) is 0.755. The van der Waals surface area contributed by atoms with Crippen LogP contribution in [-0.4, -0.2) is 34.5 Å². The molecule has 0 radical (unpaired) electrons. The number of hydrogen-bond donors (Lipinski definition) is 4. The summed E-state index contributed by atoms with van der Waals surface area (Å²) in [7, 11) is -4.28. The average Bonchev–Trinajstić information content (AvgIpc) is 2.57. The van der Waals surface area contributed by atoms with Gasteiger partial charge in [-0.25, -0.2) is 0 Å². The molecule has 0 aliphatic rings. The van der Waals surface area contributed by atoms with Gasteiger partial charge in [0.2, 0.25) is 11.9 Å². The van der Waals surface area contributed by atoms with Gasteiger partial charge in [0.1, 0.15) is 5.82 Å². The van der Waals surface area contributed by atoms with Crippen LogP contribution in [0.1, 0.15) is 38.4 Å². The predicted octanol–water partition coefficient (Wildman–Crippen LogP) is 2.11. The molecule has 1 heterocycles. The van der Waals surface area contributed by atoms with Gasteiger partial charge in [0.05, 0.1) is 11.4 Å². The van der Waals surface area contributed by atoms with Crippen LogP contribution in [-0.2, 0) is 16.7 Å². The van der Waals surface area contributed by atoms with Crippen molar-refractivity contribution in [2.24, 2.45) is 0 Å². The highest BCUT2D eigenvalue weighted by molar-refractivity contribution is 7.85. The number of nitrogens with two attached hydrogens (primary N) is 1. The molecule has 0 amide bonds. The minimum atomic E-state index is -4.28. The molecular weight excluding hydrogens is 356 g/mol. The highest BCUT2D eigenvalue weighted by Crippen LogP contribution is 2.18. The zero-order valence-corrected chi connectivity index (χ0v) is 15.5. The first kappa shape index (κ1) is 20.0. The van der Waals surface area contributed by atoms with Gasteiger partial charge >= 0.3 is 0 Å². The van der Waals surface area contributed by atoms with Gasteiger partial charge in [-0.05, 0) is 31.2 Å². The van der Waals surface area contributed by atoms with Crippen molar-refractivity contribution in [3.8, 4) is 0 Å². The second-order valence-electron chi connectivity index (χ2n) is 5.80. The summed E-state index contributed by atoms with van der Waals surface area (Å²) >= 11 is 0. The zero-order valence-electron chi connectivity index (χ0n) is 14.6. The Labute approximate surface area is 153 Å². The third-order valence-corrected chi connectivity index (χ3v) is 4.43. The summed E-state index contributed by atoms with van der Waals surface area (Å²) in [5.41, 5.74) is 6.12. The molecule has 2 aromatic rings. The minimum Gasteiger partial charge on any atom is -0.368 e. The third kappa shape index (κ3) is 6.54. The van der Waals surface area contributed by atoms with Crippen molar-refractivity contribution < 1.29 is 13.0 Å². The van der Waals surface area contributed by atoms with E-state index in [-0.39, 0.29) is 16.8 Å². The molecule has 0 aliphatic heterocycles. The lowest BCUT2D eigenvalue weighted by atomic mass is 10.2. The number of nitrogens with zero attached hydrogens (tertiary/aromatic N) is 3. The molecule has 0 unspecified atom stereocenters. The molecule has 26 heavy (non-hydrogen) atoms. The molecule has 0 bridgehead atoms. The first-order valence-corrected chi connectivity index (χ1v) is 9.88. The van der Waals surface area contributed by atoms with E-state index in [4.69, 9.17) is 10.3 Å². The Bertz CT molecular complexity index is 828. The van der Waals surface area contributed by atoms with Crippen LogP contribution >= 0.6 is 0 Å². The molecule has 9 nitrogen and oxygen atoms in total. The van der Waals surface area contributed by atoms with Crippen LogP contribution in [0.3, 0.4) is 0 Å². The second kappa shape index (κ2) is 9.41. The topological polar surface area (TPSA) is 143 Å². The average molecular weight is 380 g/mol. The fourth-order valence-electron chi connectivity index (χ4n) is 2.31. The van der Waals surface area contributed by atoms with E-state index in [0.29, 0.717) is 18.1 Å². The van der Waals surface area contributed by atoms with Crippen molar-refractivity contribution in [2.75, 3.05) is 17.6 Å². The van der Waals surface area contributed by atoms with Crippen LogP contribution in [0.4, 0.5) is 17.6 Å². The Kier molecular flexibility index (Phi) is 7.25. The maximum Gasteiger partial charge on any atom is 0.294 e. The smallest absolute Gasteiger partial charge is 0.294 e. The Hall–Kier alpha value is -2.30. The Balaban J connectivity index is 2.01. The second-order valence-corrected chi connectivity index (χ2v) is 7.22. The van der Waals surface area contributed by atoms with Crippen LogP contribution in [0.15, 0.2) is 29.2 Å². The van der Waals surface area contributed by atoms with Gasteiger partial charge in [-0.15, -0.1) is 0 Å². The largest absolute Gasteiger partial charge is 0.368 e. The number of hydrogen-bond acceptors (Lipinski definition) is 8. The number of nitrogens with one attached hydrogen (secondary N) is 2. The molecule has 0 atom stereocenters. The number of nitrogen functional groups attached to an aromatic ring is 1. The van der Waals surface area contributed by atoms with E-state index >= 15 is 0 Å². The van der Waals surface area contributed by atoms with E-state index in [1.54, 1.807) is 6.07 Å². The van der Waals surface area contributed by atoms with E-state index in [2.05, 4.69) is 32.5 Å². The van der Waals surface area contributed by atoms with E-state index in [1.807, 2.05) is 0 Å². The highest BCUT2D eigenvalue weighted by atomic mass is 32.2. The maximum atomic E-state index is 11.2. The summed E-state index contributed by atoms with van der Waals surface area (Å²) in [6, 6.07) is 5.69. The van der Waals surface area contributed by atoms with Gasteiger partial charge in [-0.1, -0.05) is 32.3 Å². The van der Waals surface area contributed by atoms with Crippen LogP contribution in [0.25, 0.3) is 0 Å². The Morgan fingerprint density at radius 1 is 1.15 bits per heavy atom. The lowest BCUT2D eigenvalue weighted by Gasteiger charge is -2.09. The van der Waals surface area contributed by atoms with Gasteiger partial charge in [0.15, 0.2) is 0 Å². The lowest BCUT2D eigenvalue weighted by Crippen LogP contribution is -2.18. The number of rotatable bonds is 10. The van der Waals surface area contributed by atoms with Crippen molar-refractivity contribution in [3.63, 3.8) is 0 Å². The van der Waals surface area contributed by atoms with Crippen molar-refractivity contribution >= 4 is 27.7 Å². The third-order valence-electron chi connectivity index (χ3n) is 3.58. The van der Waals surface area contributed by atoms with Crippen molar-refractivity contribution in [1.82, 2.24) is 20.3 Å². The summed E-state index contributed by atoms with van der Waals surface area (Å²) < 4.78 is 31.6. The van der Waals surface area contributed by atoms with Gasteiger partial charge in [-0.2, -0.15) is 23.4 Å². The van der Waals surface area contributed by atoms with E-state index < -0.39 is 10.1 Å². The molecule has 0 fully saturated rings. The molecule has 10 heteroatoms. The summed E-state index contributed by atoms with van der Waals surface area (Å²) in [6.45, 7) is 3.49. The maximum absolute atomic E-state index is 11.2. The fourth-order valence-corrected chi connectivity index (χ4v) is 2.84. The molecule has 0 saturated carbocycles. The number of unbranched alkanes of at least 4 members (excludes halogenated alkanes) is 3. The van der Waals surface area contributed by atoms with Crippen LogP contribution in [0.5, 0.6) is 0 Å². The minimum absolute atomic E-state index is 0.0659. The number of aromatic nitrogens is 3. The molecule has 0 aliphatic carbocycles. The molecule has 1 aromatic heterocycles. The van der Waals surface area contributed by atoms with Gasteiger partial charge < -0.3 is 16.4 Å². The fraction of sp³-hybridized carbons (Fsp3) is 0.438. The normalized spacial score (nSPS) is 11.5. The van der Waals surface area contributed by atoms with Crippen molar-refractivity contribution in [3.05, 3.63) is 30.1 Å². The monoisotopic (exact) mass is 380 g/mol. The van der Waals surface area contributed by atoms with Gasteiger partial charge in [-0.3, -0.25) is 4.55 Å². The van der Waals surface area contributed by atoms with Gasteiger partial charge in [0, 0.05) is 5.69 Å². The predicted molar refractivity (Wildman–Crippen MR) is 99.6 cm³/mol. The van der Waals surface area contributed by atoms with Crippen LogP contribution in [0.2, 0.25) is 0 Å². The van der Waals surface area contributed by atoms with E-state index in [1.165, 1.54) is 37.5 Å². The summed E-state index contributed by atoms with van der Waals surface area (Å²) in [5, 5.41) is 6.13. The standard InChI is InChI=1S/C16H24N6O3S/c1-2-3-4-5-9-18-11-14-20-15(17)22-16(21-14)19-12-7-6-8-13(10-12)26(23,24)25/h6-8,10,18H,2-5,9,11H2,1H3,(H,23,24,25)(H3,17,19,20,21,22). The first-order valence-electron chi connectivity index (χ1n) is 8.44. The van der Waals surface area contributed by atoms with Gasteiger partial charge in [0.25, 0.3) is 10.1 Å². The van der Waals surface area contributed by atoms with Crippen molar-refractivity contribution in [2.45, 2.75) is 44.0 Å². The molecule has 0 spiro atoms. The zero-order chi connectivity index (χ0) is 19.0. The number of anilines is 3. The number of benzene rings is 1. The molecular formula is C16H24N6O3S.